The molecule has 27 heavy (non-hydrogen) atoms. The Morgan fingerprint density at radius 1 is 1.26 bits per heavy atom. The predicted molar refractivity (Wildman–Crippen MR) is 104 cm³/mol. The van der Waals surface area contributed by atoms with Gasteiger partial charge in [-0.1, -0.05) is 12.1 Å². The van der Waals surface area contributed by atoms with Gasteiger partial charge in [-0.05, 0) is 43.1 Å². The minimum atomic E-state index is 0.392. The lowest BCUT2D eigenvalue weighted by Gasteiger charge is -2.33. The van der Waals surface area contributed by atoms with Crippen molar-refractivity contribution in [3.8, 4) is 6.07 Å². The number of aromatic amines is 1. The molecule has 1 aliphatic rings. The zero-order valence-electron chi connectivity index (χ0n) is 15.0. The third kappa shape index (κ3) is 2.86. The third-order valence-electron chi connectivity index (χ3n) is 5.45. The van der Waals surface area contributed by atoms with E-state index in [0.29, 0.717) is 6.04 Å². The molecule has 1 unspecified atom stereocenters. The average Bonchev–Trinajstić information content (AvgIpc) is 3.34. The molecule has 4 heterocycles. The Morgan fingerprint density at radius 2 is 2.22 bits per heavy atom. The van der Waals surface area contributed by atoms with E-state index in [1.807, 2.05) is 36.9 Å². The molecule has 6 nitrogen and oxygen atoms in total. The van der Waals surface area contributed by atoms with E-state index in [0.717, 1.165) is 54.6 Å². The average molecular weight is 356 g/mol. The van der Waals surface area contributed by atoms with Crippen LogP contribution in [0.2, 0.25) is 0 Å². The van der Waals surface area contributed by atoms with Crippen molar-refractivity contribution >= 4 is 22.1 Å². The summed E-state index contributed by atoms with van der Waals surface area (Å²) in [4.78, 5) is 14.7. The van der Waals surface area contributed by atoms with Crippen molar-refractivity contribution in [2.24, 2.45) is 0 Å². The zero-order chi connectivity index (χ0) is 18.2. The molecule has 1 N–H and O–H groups in total. The van der Waals surface area contributed by atoms with Crippen LogP contribution in [0.25, 0.3) is 22.1 Å². The molecule has 0 amide bonds. The number of pyridine rings is 1. The molecule has 6 heteroatoms. The second kappa shape index (κ2) is 6.53. The van der Waals surface area contributed by atoms with E-state index in [-0.39, 0.29) is 0 Å². The molecule has 0 saturated carbocycles. The Kier molecular flexibility index (Phi) is 3.88. The summed E-state index contributed by atoms with van der Waals surface area (Å²) in [6.45, 7) is 2.94. The molecular weight excluding hydrogens is 336 g/mol. The van der Waals surface area contributed by atoms with Crippen molar-refractivity contribution in [3.63, 3.8) is 0 Å². The minimum Gasteiger partial charge on any atom is -0.346 e. The standard InChI is InChI=1S/C21H20N6/c22-10-15-3-1-4-16(9-15)12-26-8-2-5-17(13-26)27-14-25-19-11-24-21-18(20(19)27)6-7-23-21/h1,3-4,6-7,9,11,14,17H,2,5,8,12-13H2,(H,23,24). The van der Waals surface area contributed by atoms with Gasteiger partial charge in [-0.2, -0.15) is 5.26 Å². The minimum absolute atomic E-state index is 0.392. The lowest BCUT2D eigenvalue weighted by molar-refractivity contribution is 0.172. The molecule has 1 aromatic carbocycles. The van der Waals surface area contributed by atoms with Crippen molar-refractivity contribution in [3.05, 3.63) is 60.2 Å². The van der Waals surface area contributed by atoms with Crippen molar-refractivity contribution in [2.45, 2.75) is 25.4 Å². The first-order valence-corrected chi connectivity index (χ1v) is 9.32. The van der Waals surface area contributed by atoms with E-state index < -0.39 is 0 Å². The summed E-state index contributed by atoms with van der Waals surface area (Å²) in [5.41, 5.74) is 4.94. The number of aromatic nitrogens is 4. The molecule has 0 spiro atoms. The van der Waals surface area contributed by atoms with Crippen LogP contribution in [0.15, 0.2) is 49.1 Å². The summed E-state index contributed by atoms with van der Waals surface area (Å²) in [6.07, 6.45) is 8.05. The smallest absolute Gasteiger partial charge is 0.139 e. The summed E-state index contributed by atoms with van der Waals surface area (Å²) in [7, 11) is 0. The van der Waals surface area contributed by atoms with E-state index in [2.05, 4.69) is 42.6 Å². The number of piperidine rings is 1. The fraction of sp³-hybridized carbons (Fsp3) is 0.286. The SMILES string of the molecule is N#Cc1cccc(CN2CCCC(n3cnc4cnc5[nH]ccc5c43)C2)c1. The lowest BCUT2D eigenvalue weighted by Crippen LogP contribution is -2.36. The summed E-state index contributed by atoms with van der Waals surface area (Å²) in [5.74, 6) is 0. The quantitative estimate of drug-likeness (QED) is 0.608. The fourth-order valence-corrected chi connectivity index (χ4v) is 4.21. The van der Waals surface area contributed by atoms with Crippen LogP contribution in [-0.4, -0.2) is 37.5 Å². The molecule has 4 aromatic rings. The highest BCUT2D eigenvalue weighted by molar-refractivity contribution is 6.00. The Labute approximate surface area is 157 Å². The topological polar surface area (TPSA) is 73.5 Å². The molecular formula is C21H20N6. The van der Waals surface area contributed by atoms with Crippen molar-refractivity contribution < 1.29 is 0 Å². The van der Waals surface area contributed by atoms with Crippen LogP contribution in [0, 0.1) is 11.3 Å². The molecule has 5 rings (SSSR count). The first-order chi connectivity index (χ1) is 13.3. The first kappa shape index (κ1) is 16.0. The van der Waals surface area contributed by atoms with Crippen LogP contribution in [0.1, 0.15) is 30.0 Å². The van der Waals surface area contributed by atoms with E-state index >= 15 is 0 Å². The van der Waals surface area contributed by atoms with Crippen molar-refractivity contribution in [1.29, 1.82) is 5.26 Å². The number of nitrogens with zero attached hydrogens (tertiary/aromatic N) is 5. The number of benzene rings is 1. The molecule has 134 valence electrons. The Morgan fingerprint density at radius 3 is 3.15 bits per heavy atom. The molecule has 1 aliphatic heterocycles. The molecule has 1 atom stereocenters. The fourth-order valence-electron chi connectivity index (χ4n) is 4.21. The maximum atomic E-state index is 9.12. The monoisotopic (exact) mass is 356 g/mol. The molecule has 1 saturated heterocycles. The summed E-state index contributed by atoms with van der Waals surface area (Å²) >= 11 is 0. The highest BCUT2D eigenvalue weighted by atomic mass is 15.2. The Bertz CT molecular complexity index is 1150. The van der Waals surface area contributed by atoms with Gasteiger partial charge in [-0.15, -0.1) is 0 Å². The van der Waals surface area contributed by atoms with Gasteiger partial charge >= 0.3 is 0 Å². The Balaban J connectivity index is 1.43. The van der Waals surface area contributed by atoms with E-state index in [4.69, 9.17) is 5.26 Å². The number of nitrogens with one attached hydrogen (secondary N) is 1. The number of fused-ring (bicyclic) bond motifs is 3. The van der Waals surface area contributed by atoms with Gasteiger partial charge < -0.3 is 9.55 Å². The number of likely N-dealkylation sites (tertiary alicyclic amines) is 1. The number of imidazole rings is 1. The second-order valence-electron chi connectivity index (χ2n) is 7.23. The molecule has 1 fully saturated rings. The van der Waals surface area contributed by atoms with Crippen LogP contribution in [0.3, 0.4) is 0 Å². The van der Waals surface area contributed by atoms with E-state index in [1.165, 1.54) is 11.1 Å². The maximum Gasteiger partial charge on any atom is 0.139 e. The largest absolute Gasteiger partial charge is 0.346 e. The van der Waals surface area contributed by atoms with Crippen LogP contribution < -0.4 is 0 Å². The number of hydrogen-bond acceptors (Lipinski definition) is 4. The lowest BCUT2D eigenvalue weighted by atomic mass is 10.0. The molecule has 0 aliphatic carbocycles. The van der Waals surface area contributed by atoms with Crippen molar-refractivity contribution in [2.75, 3.05) is 13.1 Å². The summed E-state index contributed by atoms with van der Waals surface area (Å²) in [5, 5.41) is 10.3. The first-order valence-electron chi connectivity index (χ1n) is 9.32. The number of H-pyrrole nitrogens is 1. The van der Waals surface area contributed by atoms with Crippen molar-refractivity contribution in [1.82, 2.24) is 24.4 Å². The highest BCUT2D eigenvalue weighted by Crippen LogP contribution is 2.29. The highest BCUT2D eigenvalue weighted by Gasteiger charge is 2.23. The number of nitriles is 1. The molecule has 3 aromatic heterocycles. The van der Waals surface area contributed by atoms with Gasteiger partial charge in [-0.25, -0.2) is 9.97 Å². The zero-order valence-corrected chi connectivity index (χ0v) is 15.0. The maximum absolute atomic E-state index is 9.12. The van der Waals surface area contributed by atoms with E-state index in [1.54, 1.807) is 0 Å². The van der Waals surface area contributed by atoms with Gasteiger partial charge in [0.15, 0.2) is 0 Å². The van der Waals surface area contributed by atoms with Crippen LogP contribution >= 0.6 is 0 Å². The normalized spacial score (nSPS) is 18.1. The van der Waals surface area contributed by atoms with Crippen LogP contribution in [0.4, 0.5) is 0 Å². The van der Waals surface area contributed by atoms with Crippen LogP contribution in [0.5, 0.6) is 0 Å². The number of hydrogen-bond donors (Lipinski definition) is 1. The molecule has 0 radical (unpaired) electrons. The number of rotatable bonds is 3. The van der Waals surface area contributed by atoms with Crippen LogP contribution in [-0.2, 0) is 6.54 Å². The summed E-state index contributed by atoms with van der Waals surface area (Å²) in [6, 6.07) is 12.6. The molecule has 0 bridgehead atoms. The van der Waals surface area contributed by atoms with Gasteiger partial charge in [0, 0.05) is 30.7 Å². The van der Waals surface area contributed by atoms with E-state index in [9.17, 15) is 0 Å². The second-order valence-corrected chi connectivity index (χ2v) is 7.23. The van der Waals surface area contributed by atoms with Gasteiger partial charge in [-0.3, -0.25) is 4.90 Å². The van der Waals surface area contributed by atoms with Gasteiger partial charge in [0.1, 0.15) is 11.2 Å². The Hall–Kier alpha value is -3.17. The van der Waals surface area contributed by atoms with Gasteiger partial charge in [0.05, 0.1) is 29.7 Å². The van der Waals surface area contributed by atoms with Gasteiger partial charge in [0.25, 0.3) is 0 Å². The van der Waals surface area contributed by atoms with Gasteiger partial charge in [0.2, 0.25) is 0 Å². The third-order valence-corrected chi connectivity index (χ3v) is 5.45. The predicted octanol–water partition coefficient (Wildman–Crippen LogP) is 3.62. The summed E-state index contributed by atoms with van der Waals surface area (Å²) < 4.78 is 2.32.